The van der Waals surface area contributed by atoms with Crippen LogP contribution < -0.4 is 0 Å². The molecule has 0 unspecified atom stereocenters. The van der Waals surface area contributed by atoms with E-state index in [9.17, 15) is 13.2 Å². The molecule has 1 aromatic carbocycles. The van der Waals surface area contributed by atoms with Gasteiger partial charge in [0.25, 0.3) is 0 Å². The fourth-order valence-corrected chi connectivity index (χ4v) is 3.39. The molecule has 120 valence electrons. The third-order valence-electron chi connectivity index (χ3n) is 4.18. The average Bonchev–Trinajstić information content (AvgIpc) is 3.07. The second kappa shape index (κ2) is 6.20. The van der Waals surface area contributed by atoms with Gasteiger partial charge in [0.15, 0.2) is 0 Å². The van der Waals surface area contributed by atoms with E-state index in [1.54, 1.807) is 12.1 Å². The van der Waals surface area contributed by atoms with Gasteiger partial charge in [-0.1, -0.05) is 17.3 Å². The molecule has 3 rings (SSSR count). The zero-order valence-corrected chi connectivity index (χ0v) is 13.4. The van der Waals surface area contributed by atoms with Crippen molar-refractivity contribution in [1.82, 2.24) is 4.90 Å². The van der Waals surface area contributed by atoms with Crippen LogP contribution in [-0.4, -0.2) is 28.7 Å². The highest BCUT2D eigenvalue weighted by atomic mass is 79.9. The largest absolute Gasteiger partial charge is 0.416 e. The summed E-state index contributed by atoms with van der Waals surface area (Å²) in [6, 6.07) is 5.41. The Morgan fingerprint density at radius 3 is 2.59 bits per heavy atom. The SMILES string of the molecule is FC(F)(F)c1ccc(CN2CC[C@H]([C@@H]3CC(Br)=NO3)C2)cc1. The Hall–Kier alpha value is -1.08. The minimum Gasteiger partial charge on any atom is -0.391 e. The van der Waals surface area contributed by atoms with E-state index in [2.05, 4.69) is 26.0 Å². The first kappa shape index (κ1) is 15.8. The van der Waals surface area contributed by atoms with Gasteiger partial charge in [-0.25, -0.2) is 0 Å². The lowest BCUT2D eigenvalue weighted by atomic mass is 10.00. The summed E-state index contributed by atoms with van der Waals surface area (Å²) in [6.07, 6.45) is -2.32. The number of hydrogen-bond donors (Lipinski definition) is 0. The van der Waals surface area contributed by atoms with E-state index in [-0.39, 0.29) is 6.10 Å². The number of rotatable bonds is 3. The van der Waals surface area contributed by atoms with Gasteiger partial charge < -0.3 is 4.84 Å². The van der Waals surface area contributed by atoms with E-state index >= 15 is 0 Å². The molecule has 2 aliphatic heterocycles. The molecule has 0 N–H and O–H groups in total. The number of likely N-dealkylation sites (tertiary alicyclic amines) is 1. The number of alkyl halides is 3. The lowest BCUT2D eigenvalue weighted by molar-refractivity contribution is -0.137. The average molecular weight is 377 g/mol. The summed E-state index contributed by atoms with van der Waals surface area (Å²) in [5.41, 5.74) is 0.301. The molecule has 0 spiro atoms. The van der Waals surface area contributed by atoms with Gasteiger partial charge in [0.2, 0.25) is 0 Å². The molecular formula is C15H16BrF3N2O. The van der Waals surface area contributed by atoms with Crippen LogP contribution >= 0.6 is 15.9 Å². The van der Waals surface area contributed by atoms with E-state index in [4.69, 9.17) is 4.84 Å². The molecule has 0 amide bonds. The second-order valence-electron chi connectivity index (χ2n) is 5.79. The lowest BCUT2D eigenvalue weighted by Gasteiger charge is -2.18. The Morgan fingerprint density at radius 1 is 1.27 bits per heavy atom. The molecule has 1 saturated heterocycles. The molecule has 2 atom stereocenters. The smallest absolute Gasteiger partial charge is 0.391 e. The van der Waals surface area contributed by atoms with E-state index in [1.165, 1.54) is 0 Å². The van der Waals surface area contributed by atoms with Crippen LogP contribution in [0.15, 0.2) is 29.4 Å². The zero-order valence-electron chi connectivity index (χ0n) is 11.8. The minimum atomic E-state index is -4.27. The first-order chi connectivity index (χ1) is 10.4. The Kier molecular flexibility index (Phi) is 4.45. The van der Waals surface area contributed by atoms with Crippen molar-refractivity contribution in [2.75, 3.05) is 13.1 Å². The maximum Gasteiger partial charge on any atom is 0.416 e. The van der Waals surface area contributed by atoms with Gasteiger partial charge in [-0.05, 0) is 46.6 Å². The van der Waals surface area contributed by atoms with Crippen molar-refractivity contribution in [2.24, 2.45) is 11.1 Å². The minimum absolute atomic E-state index is 0.118. The predicted molar refractivity (Wildman–Crippen MR) is 80.7 cm³/mol. The van der Waals surface area contributed by atoms with Crippen LogP contribution in [0.3, 0.4) is 0 Å². The molecule has 0 radical (unpaired) electrons. The number of benzene rings is 1. The zero-order chi connectivity index (χ0) is 15.7. The third-order valence-corrected chi connectivity index (χ3v) is 4.65. The van der Waals surface area contributed by atoms with Gasteiger partial charge in [-0.2, -0.15) is 13.2 Å². The number of oxime groups is 1. The summed E-state index contributed by atoms with van der Waals surface area (Å²) in [4.78, 5) is 7.64. The molecule has 0 aromatic heterocycles. The molecule has 0 aliphatic carbocycles. The predicted octanol–water partition coefficient (Wildman–Crippen LogP) is 4.02. The van der Waals surface area contributed by atoms with Gasteiger partial charge in [0.05, 0.1) is 5.56 Å². The van der Waals surface area contributed by atoms with E-state index < -0.39 is 11.7 Å². The van der Waals surface area contributed by atoms with Crippen molar-refractivity contribution in [1.29, 1.82) is 0 Å². The Balaban J connectivity index is 1.54. The first-order valence-corrected chi connectivity index (χ1v) is 7.98. The molecule has 3 nitrogen and oxygen atoms in total. The van der Waals surface area contributed by atoms with Crippen molar-refractivity contribution >= 4 is 20.6 Å². The van der Waals surface area contributed by atoms with Crippen LogP contribution in [0.1, 0.15) is 24.0 Å². The first-order valence-electron chi connectivity index (χ1n) is 7.18. The van der Waals surface area contributed by atoms with Crippen LogP contribution in [0, 0.1) is 5.92 Å². The van der Waals surface area contributed by atoms with E-state index in [1.807, 2.05) is 0 Å². The van der Waals surface area contributed by atoms with Crippen LogP contribution in [0.2, 0.25) is 0 Å². The third kappa shape index (κ3) is 3.63. The molecule has 0 bridgehead atoms. The van der Waals surface area contributed by atoms with Crippen LogP contribution in [0.4, 0.5) is 13.2 Å². The van der Waals surface area contributed by atoms with Crippen LogP contribution in [0.5, 0.6) is 0 Å². The number of hydrogen-bond acceptors (Lipinski definition) is 3. The van der Waals surface area contributed by atoms with Gasteiger partial charge >= 0.3 is 6.18 Å². The van der Waals surface area contributed by atoms with Crippen molar-refractivity contribution < 1.29 is 18.0 Å². The Bertz CT molecular complexity index is 559. The molecule has 7 heteroatoms. The second-order valence-corrected chi connectivity index (χ2v) is 6.71. The number of nitrogens with zero attached hydrogens (tertiary/aromatic N) is 2. The van der Waals surface area contributed by atoms with E-state index in [0.717, 1.165) is 48.2 Å². The molecule has 2 aliphatic rings. The van der Waals surface area contributed by atoms with Gasteiger partial charge in [-0.15, -0.1) is 0 Å². The Morgan fingerprint density at radius 2 is 2.00 bits per heavy atom. The quantitative estimate of drug-likeness (QED) is 0.795. The molecule has 0 saturated carbocycles. The standard InChI is InChI=1S/C15H16BrF3N2O/c16-14-7-13(22-20-14)11-5-6-21(9-11)8-10-1-3-12(4-2-10)15(17,18)19/h1-4,11,13H,5-9H2/t11-,13-/m0/s1. The fraction of sp³-hybridized carbons (Fsp3) is 0.533. The summed E-state index contributed by atoms with van der Waals surface area (Å²) >= 11 is 3.34. The summed E-state index contributed by atoms with van der Waals surface area (Å²) in [6.45, 7) is 2.49. The summed E-state index contributed by atoms with van der Waals surface area (Å²) in [7, 11) is 0. The topological polar surface area (TPSA) is 24.8 Å². The number of halogens is 4. The summed E-state index contributed by atoms with van der Waals surface area (Å²) in [5.74, 6) is 0.424. The van der Waals surface area contributed by atoms with Gasteiger partial charge in [-0.3, -0.25) is 4.90 Å². The maximum atomic E-state index is 12.5. The summed E-state index contributed by atoms with van der Waals surface area (Å²) in [5, 5.41) is 3.91. The maximum absolute atomic E-state index is 12.5. The van der Waals surface area contributed by atoms with Gasteiger partial charge in [0.1, 0.15) is 10.7 Å². The normalized spacial score (nSPS) is 26.1. The monoisotopic (exact) mass is 376 g/mol. The highest BCUT2D eigenvalue weighted by Crippen LogP contribution is 2.31. The molecule has 2 heterocycles. The van der Waals surface area contributed by atoms with Crippen LogP contribution in [-0.2, 0) is 17.6 Å². The highest BCUT2D eigenvalue weighted by Gasteiger charge is 2.34. The lowest BCUT2D eigenvalue weighted by Crippen LogP contribution is -2.25. The molecule has 1 fully saturated rings. The summed E-state index contributed by atoms with van der Waals surface area (Å²) < 4.78 is 38.5. The van der Waals surface area contributed by atoms with Crippen molar-refractivity contribution in [2.45, 2.75) is 31.7 Å². The van der Waals surface area contributed by atoms with Crippen molar-refractivity contribution in [3.63, 3.8) is 0 Å². The van der Waals surface area contributed by atoms with Crippen molar-refractivity contribution in [3.8, 4) is 0 Å². The molecule has 22 heavy (non-hydrogen) atoms. The van der Waals surface area contributed by atoms with Gasteiger partial charge in [0, 0.05) is 25.4 Å². The fourth-order valence-electron chi connectivity index (χ4n) is 2.99. The van der Waals surface area contributed by atoms with Crippen molar-refractivity contribution in [3.05, 3.63) is 35.4 Å². The molecule has 1 aromatic rings. The highest BCUT2D eigenvalue weighted by molar-refractivity contribution is 9.18. The molecular weight excluding hydrogens is 361 g/mol. The van der Waals surface area contributed by atoms with E-state index in [0.29, 0.717) is 12.5 Å². The Labute approximate surface area is 135 Å². The van der Waals surface area contributed by atoms with Crippen LogP contribution in [0.25, 0.3) is 0 Å².